The molecule has 12 nitrogen and oxygen atoms in total. The summed E-state index contributed by atoms with van der Waals surface area (Å²) >= 11 is 0. The maximum absolute atomic E-state index is 14.1. The highest BCUT2D eigenvalue weighted by molar-refractivity contribution is 6.01. The van der Waals surface area contributed by atoms with E-state index in [9.17, 15) is 4.79 Å². The molecule has 4 rings (SSSR count). The first kappa shape index (κ1) is 29.0. The number of aliphatic hydroxyl groups excluding tert-OH is 1. The lowest BCUT2D eigenvalue weighted by Crippen LogP contribution is -2.49. The summed E-state index contributed by atoms with van der Waals surface area (Å²) in [5, 5.41) is 16.6. The van der Waals surface area contributed by atoms with E-state index in [1.807, 2.05) is 24.3 Å². The SMILES string of the molecule is CN(C)C(=O)[C@@]1(Cc2ccccc2N=[N+]=[N-])N=C(c2ccc(OCCCO)cc2)O[C@H]1c1ccccc1CN=[N+]=[N-]. The molecule has 41 heavy (non-hydrogen) atoms. The number of hydrogen-bond acceptors (Lipinski definition) is 7. The van der Waals surface area contributed by atoms with Crippen LogP contribution in [-0.4, -0.2) is 54.7 Å². The monoisotopic (exact) mass is 554 g/mol. The summed E-state index contributed by atoms with van der Waals surface area (Å²) < 4.78 is 12.2. The number of carbonyl (C=O) groups excluding carboxylic acids is 1. The summed E-state index contributed by atoms with van der Waals surface area (Å²) in [6.07, 6.45) is -0.302. The Morgan fingerprint density at radius 2 is 1.76 bits per heavy atom. The van der Waals surface area contributed by atoms with Crippen LogP contribution >= 0.6 is 0 Å². The van der Waals surface area contributed by atoms with Crippen LogP contribution in [0.5, 0.6) is 5.75 Å². The fraction of sp³-hybridized carbons (Fsp3) is 0.310. The third-order valence-corrected chi connectivity index (χ3v) is 6.66. The molecule has 3 aromatic carbocycles. The lowest BCUT2D eigenvalue weighted by Gasteiger charge is -2.34. The molecule has 1 heterocycles. The zero-order valence-corrected chi connectivity index (χ0v) is 22.8. The smallest absolute Gasteiger partial charge is 0.254 e. The van der Waals surface area contributed by atoms with Crippen molar-refractivity contribution in [2.24, 2.45) is 15.2 Å². The minimum Gasteiger partial charge on any atom is -0.494 e. The zero-order valence-electron chi connectivity index (χ0n) is 22.8. The lowest BCUT2D eigenvalue weighted by molar-refractivity contribution is -0.137. The normalized spacial score (nSPS) is 17.4. The van der Waals surface area contributed by atoms with Gasteiger partial charge in [0.2, 0.25) is 5.90 Å². The van der Waals surface area contributed by atoms with Crippen LogP contribution in [0.4, 0.5) is 5.69 Å². The first-order valence-corrected chi connectivity index (χ1v) is 13.0. The van der Waals surface area contributed by atoms with E-state index < -0.39 is 11.6 Å². The van der Waals surface area contributed by atoms with Crippen molar-refractivity contribution in [1.29, 1.82) is 0 Å². The largest absolute Gasteiger partial charge is 0.494 e. The highest BCUT2D eigenvalue weighted by Crippen LogP contribution is 2.45. The average molecular weight is 555 g/mol. The van der Waals surface area contributed by atoms with Crippen LogP contribution in [0, 0.1) is 0 Å². The summed E-state index contributed by atoms with van der Waals surface area (Å²) in [7, 11) is 3.30. The number of aliphatic imine (C=N–C) groups is 1. The Hall–Kier alpha value is -5.02. The van der Waals surface area contributed by atoms with Crippen molar-refractivity contribution in [2.45, 2.75) is 31.0 Å². The number of hydrogen-bond donors (Lipinski definition) is 1. The molecule has 0 aromatic heterocycles. The molecule has 210 valence electrons. The van der Waals surface area contributed by atoms with Crippen molar-refractivity contribution >= 4 is 17.5 Å². The third-order valence-electron chi connectivity index (χ3n) is 6.66. The van der Waals surface area contributed by atoms with E-state index in [2.05, 4.69) is 20.1 Å². The molecule has 2 atom stereocenters. The molecule has 0 spiro atoms. The van der Waals surface area contributed by atoms with E-state index in [-0.39, 0.29) is 31.4 Å². The molecular formula is C29H30N8O4. The number of azide groups is 2. The van der Waals surface area contributed by atoms with Crippen molar-refractivity contribution in [3.8, 4) is 5.75 Å². The Morgan fingerprint density at radius 1 is 1.05 bits per heavy atom. The Bertz CT molecular complexity index is 1510. The summed E-state index contributed by atoms with van der Waals surface area (Å²) in [5.74, 6) is 0.568. The van der Waals surface area contributed by atoms with Crippen molar-refractivity contribution in [2.75, 3.05) is 27.3 Å². The fourth-order valence-electron chi connectivity index (χ4n) is 4.77. The molecule has 0 unspecified atom stereocenters. The minimum atomic E-state index is -1.48. The predicted molar refractivity (Wildman–Crippen MR) is 154 cm³/mol. The fourth-order valence-corrected chi connectivity index (χ4v) is 4.77. The van der Waals surface area contributed by atoms with Gasteiger partial charge in [0.05, 0.1) is 13.2 Å². The summed E-state index contributed by atoms with van der Waals surface area (Å²) in [6.45, 7) is 0.474. The summed E-state index contributed by atoms with van der Waals surface area (Å²) in [6, 6.07) is 21.5. The maximum atomic E-state index is 14.1. The highest BCUT2D eigenvalue weighted by Gasteiger charge is 2.54. The van der Waals surface area contributed by atoms with Crippen LogP contribution in [-0.2, 0) is 22.5 Å². The van der Waals surface area contributed by atoms with Crippen LogP contribution in [0.1, 0.15) is 34.8 Å². The van der Waals surface area contributed by atoms with E-state index in [0.29, 0.717) is 46.7 Å². The lowest BCUT2D eigenvalue weighted by atomic mass is 9.80. The number of carbonyl (C=O) groups is 1. The molecule has 1 N–H and O–H groups in total. The second-order valence-electron chi connectivity index (χ2n) is 9.57. The minimum absolute atomic E-state index is 0.0378. The number of likely N-dealkylation sites (N-methyl/N-ethyl adjacent to an activating group) is 1. The van der Waals surface area contributed by atoms with Gasteiger partial charge in [-0.25, -0.2) is 4.99 Å². The van der Waals surface area contributed by atoms with Crippen molar-refractivity contribution < 1.29 is 19.4 Å². The van der Waals surface area contributed by atoms with Gasteiger partial charge in [0.15, 0.2) is 11.6 Å². The van der Waals surface area contributed by atoms with Gasteiger partial charge in [0, 0.05) is 54.6 Å². The number of nitrogens with zero attached hydrogens (tertiary/aromatic N) is 8. The molecule has 0 saturated carbocycles. The first-order chi connectivity index (χ1) is 19.9. The van der Waals surface area contributed by atoms with Crippen LogP contribution < -0.4 is 4.74 Å². The van der Waals surface area contributed by atoms with Crippen LogP contribution in [0.25, 0.3) is 20.9 Å². The summed E-state index contributed by atoms with van der Waals surface area (Å²) in [4.78, 5) is 26.4. The third kappa shape index (κ3) is 6.42. The Morgan fingerprint density at radius 3 is 2.44 bits per heavy atom. The van der Waals surface area contributed by atoms with Gasteiger partial charge in [-0.05, 0) is 52.0 Å². The number of benzene rings is 3. The average Bonchev–Trinajstić information content (AvgIpc) is 3.37. The van der Waals surface area contributed by atoms with Crippen LogP contribution in [0.3, 0.4) is 0 Å². The molecule has 0 radical (unpaired) electrons. The van der Waals surface area contributed by atoms with Gasteiger partial charge in [-0.15, -0.1) is 0 Å². The Labute approximate surface area is 237 Å². The van der Waals surface area contributed by atoms with Crippen LogP contribution in [0.2, 0.25) is 0 Å². The Balaban J connectivity index is 1.88. The van der Waals surface area contributed by atoms with Gasteiger partial charge in [0.1, 0.15) is 5.75 Å². The number of rotatable bonds is 12. The molecule has 0 bridgehead atoms. The van der Waals surface area contributed by atoms with Crippen molar-refractivity contribution in [3.63, 3.8) is 0 Å². The molecule has 0 saturated heterocycles. The Kier molecular flexibility index (Phi) is 9.44. The van der Waals surface area contributed by atoms with Gasteiger partial charge >= 0.3 is 0 Å². The molecule has 1 aliphatic heterocycles. The van der Waals surface area contributed by atoms with E-state index >= 15 is 0 Å². The molecule has 1 aliphatic rings. The second kappa shape index (κ2) is 13.4. The standard InChI is InChI=1S/C29H30N8O4/c1-37(2)28(39)29(18-21-8-4-6-11-25(21)34-36-31)26(24-10-5-3-9-22(24)19-32-35-30)41-27(33-29)20-12-14-23(15-13-20)40-17-7-16-38/h3-6,8-15,26,38H,7,16-19H2,1-2H3/t26-,29-/m0/s1. The van der Waals surface area contributed by atoms with Crippen molar-refractivity contribution in [1.82, 2.24) is 4.90 Å². The zero-order chi connectivity index (χ0) is 29.2. The predicted octanol–water partition coefficient (Wildman–Crippen LogP) is 5.79. The van der Waals surface area contributed by atoms with Gasteiger partial charge in [-0.2, -0.15) is 0 Å². The molecule has 0 fully saturated rings. The molecule has 12 heteroatoms. The van der Waals surface area contributed by atoms with Gasteiger partial charge in [-0.3, -0.25) is 4.79 Å². The number of ether oxygens (including phenoxy) is 2. The topological polar surface area (TPSA) is 169 Å². The van der Waals surface area contributed by atoms with Gasteiger partial charge in [-0.1, -0.05) is 58.8 Å². The maximum Gasteiger partial charge on any atom is 0.254 e. The summed E-state index contributed by atoms with van der Waals surface area (Å²) in [5.41, 5.74) is 19.7. The molecular weight excluding hydrogens is 524 g/mol. The number of amides is 1. The van der Waals surface area contributed by atoms with E-state index in [4.69, 9.17) is 30.6 Å². The molecule has 1 amide bonds. The van der Waals surface area contributed by atoms with E-state index in [1.54, 1.807) is 62.6 Å². The van der Waals surface area contributed by atoms with Gasteiger partial charge < -0.3 is 19.5 Å². The van der Waals surface area contributed by atoms with Crippen LogP contribution in [0.15, 0.2) is 88.0 Å². The molecule has 0 aliphatic carbocycles. The second-order valence-corrected chi connectivity index (χ2v) is 9.57. The van der Waals surface area contributed by atoms with Crippen molar-refractivity contribution in [3.05, 3.63) is 116 Å². The first-order valence-electron chi connectivity index (χ1n) is 13.0. The van der Waals surface area contributed by atoms with E-state index in [0.717, 1.165) is 0 Å². The number of aliphatic hydroxyl groups is 1. The van der Waals surface area contributed by atoms with Gasteiger partial charge in [0.25, 0.3) is 5.91 Å². The quantitative estimate of drug-likeness (QED) is 0.129. The molecule has 3 aromatic rings. The van der Waals surface area contributed by atoms with E-state index in [1.165, 1.54) is 4.90 Å². The highest BCUT2D eigenvalue weighted by atomic mass is 16.5.